The van der Waals surface area contributed by atoms with Crippen molar-refractivity contribution in [2.75, 3.05) is 51.3 Å². The molecule has 10 heteroatoms. The normalized spacial score (nSPS) is 17.9. The summed E-state index contributed by atoms with van der Waals surface area (Å²) < 4.78 is 5.80. The second-order valence-electron chi connectivity index (χ2n) is 9.88. The molecule has 37 heavy (non-hydrogen) atoms. The third-order valence-electron chi connectivity index (χ3n) is 6.84. The average Bonchev–Trinajstić information content (AvgIpc) is 3.70. The van der Waals surface area contributed by atoms with Crippen LogP contribution in [-0.4, -0.2) is 84.3 Å². The number of anilines is 1. The zero-order chi connectivity index (χ0) is 26.7. The van der Waals surface area contributed by atoms with Gasteiger partial charge in [0.05, 0.1) is 16.3 Å². The van der Waals surface area contributed by atoms with Crippen molar-refractivity contribution >= 4 is 28.8 Å². The molecule has 1 saturated heterocycles. The Morgan fingerprint density at radius 3 is 2.54 bits per heavy atom. The number of carbonyl (C=O) groups excluding carboxylic acids is 1. The highest BCUT2D eigenvalue weighted by molar-refractivity contribution is 6.33. The van der Waals surface area contributed by atoms with Gasteiger partial charge in [-0.15, -0.1) is 0 Å². The largest absolute Gasteiger partial charge is 0.491 e. The number of aliphatic hydroxyl groups is 1. The van der Waals surface area contributed by atoms with Gasteiger partial charge in [-0.25, -0.2) is 9.97 Å². The first-order chi connectivity index (χ1) is 17.7. The van der Waals surface area contributed by atoms with E-state index in [1.165, 1.54) is 19.8 Å². The van der Waals surface area contributed by atoms with Crippen molar-refractivity contribution in [1.29, 1.82) is 0 Å². The van der Waals surface area contributed by atoms with Gasteiger partial charge in [-0.05, 0) is 58.9 Å². The number of hydrogen-bond acceptors (Lipinski definition) is 9. The van der Waals surface area contributed by atoms with E-state index in [0.717, 1.165) is 43.6 Å². The molecule has 2 heterocycles. The summed E-state index contributed by atoms with van der Waals surface area (Å²) in [6.45, 7) is 9.33. The lowest BCUT2D eigenvalue weighted by Gasteiger charge is -2.36. The Morgan fingerprint density at radius 1 is 1.24 bits per heavy atom. The van der Waals surface area contributed by atoms with E-state index in [-0.39, 0.29) is 12.4 Å². The third-order valence-corrected chi connectivity index (χ3v) is 7.17. The summed E-state index contributed by atoms with van der Waals surface area (Å²) in [4.78, 5) is 27.2. The highest BCUT2D eigenvalue weighted by Gasteiger charge is 2.32. The van der Waals surface area contributed by atoms with E-state index in [1.54, 1.807) is 32.2 Å². The number of piperazine rings is 1. The van der Waals surface area contributed by atoms with Crippen molar-refractivity contribution in [3.05, 3.63) is 40.2 Å². The van der Waals surface area contributed by atoms with E-state index in [2.05, 4.69) is 15.1 Å². The number of likely N-dealkylation sites (N-methyl/N-ethyl adjacent to an activating group) is 1. The molecule has 9 nitrogen and oxygen atoms in total. The zero-order valence-corrected chi connectivity index (χ0v) is 22.8. The summed E-state index contributed by atoms with van der Waals surface area (Å²) in [5.74, 6) is 1.56. The SMILES string of the molecule is CNC[C@@H](O)COc1ccc(Cl)c(-c2nc(C(C(C)=O)=C(C)N)c(C)c(N3CCN(C4CC4)CC3)n2)c1. The first-order valence-corrected chi connectivity index (χ1v) is 13.2. The third kappa shape index (κ3) is 6.41. The Kier molecular flexibility index (Phi) is 8.69. The molecular weight excluding hydrogens is 492 g/mol. The van der Waals surface area contributed by atoms with Gasteiger partial charge in [0.2, 0.25) is 0 Å². The molecule has 0 spiro atoms. The van der Waals surface area contributed by atoms with E-state index in [9.17, 15) is 9.90 Å². The van der Waals surface area contributed by atoms with E-state index in [4.69, 9.17) is 32.0 Å². The number of carbonyl (C=O) groups is 1. The topological polar surface area (TPSA) is 117 Å². The summed E-state index contributed by atoms with van der Waals surface area (Å²) in [6, 6.07) is 5.96. The van der Waals surface area contributed by atoms with Crippen LogP contribution in [0.4, 0.5) is 5.82 Å². The molecule has 1 aliphatic carbocycles. The molecule has 2 fully saturated rings. The Morgan fingerprint density at radius 2 is 1.95 bits per heavy atom. The van der Waals surface area contributed by atoms with Crippen molar-refractivity contribution in [2.24, 2.45) is 5.73 Å². The molecule has 0 radical (unpaired) electrons. The first-order valence-electron chi connectivity index (χ1n) is 12.8. The number of nitrogens with zero attached hydrogens (tertiary/aromatic N) is 4. The molecule has 4 N–H and O–H groups in total. The molecule has 0 bridgehead atoms. The smallest absolute Gasteiger partial charge is 0.163 e. The van der Waals surface area contributed by atoms with Gasteiger partial charge in [-0.3, -0.25) is 9.69 Å². The fraction of sp³-hybridized carbons (Fsp3) is 0.519. The van der Waals surface area contributed by atoms with Crippen LogP contribution in [0.15, 0.2) is 23.9 Å². The van der Waals surface area contributed by atoms with Crippen LogP contribution in [0.1, 0.15) is 37.9 Å². The monoisotopic (exact) mass is 528 g/mol. The van der Waals surface area contributed by atoms with Gasteiger partial charge in [0.15, 0.2) is 11.6 Å². The summed E-state index contributed by atoms with van der Waals surface area (Å²) in [6.07, 6.45) is 1.92. The van der Waals surface area contributed by atoms with Crippen LogP contribution >= 0.6 is 11.6 Å². The Hall–Kier alpha value is -2.72. The lowest BCUT2D eigenvalue weighted by atomic mass is 10.0. The highest BCUT2D eigenvalue weighted by Crippen LogP contribution is 2.35. The fourth-order valence-corrected chi connectivity index (χ4v) is 5.00. The minimum absolute atomic E-state index is 0.127. The lowest BCUT2D eigenvalue weighted by Crippen LogP contribution is -2.47. The molecule has 1 aromatic carbocycles. The van der Waals surface area contributed by atoms with Gasteiger partial charge in [-0.2, -0.15) is 0 Å². The lowest BCUT2D eigenvalue weighted by molar-refractivity contribution is -0.111. The van der Waals surface area contributed by atoms with Gasteiger partial charge < -0.3 is 25.8 Å². The standard InChI is InChI=1S/C27H37ClN6O3/c1-16-25(24(17(2)29)18(3)35)31-26(32-27(16)34-11-9-33(10-12-34)19-5-6-19)22-13-21(7-8-23(22)28)37-15-20(36)14-30-4/h7-8,13,19-20,30,36H,5-6,9-12,14-15,29H2,1-4H3/t20-/m1/s1. The van der Waals surface area contributed by atoms with Crippen molar-refractivity contribution in [2.45, 2.75) is 45.8 Å². The predicted octanol–water partition coefficient (Wildman–Crippen LogP) is 2.63. The summed E-state index contributed by atoms with van der Waals surface area (Å²) in [5, 5.41) is 13.4. The number of halogens is 1. The summed E-state index contributed by atoms with van der Waals surface area (Å²) in [7, 11) is 1.77. The second kappa shape index (κ2) is 11.8. The van der Waals surface area contributed by atoms with Gasteiger partial charge in [0.1, 0.15) is 24.3 Å². The summed E-state index contributed by atoms with van der Waals surface area (Å²) >= 11 is 6.62. The van der Waals surface area contributed by atoms with Gasteiger partial charge in [-0.1, -0.05) is 11.6 Å². The number of Topliss-reactive ketones (excluding diaryl/α,β-unsaturated/α-hetero) is 1. The van der Waals surface area contributed by atoms with E-state index in [0.29, 0.717) is 45.7 Å². The molecule has 2 aliphatic rings. The number of benzene rings is 1. The molecule has 0 unspecified atom stereocenters. The Balaban J connectivity index is 1.75. The Bertz CT molecular complexity index is 1170. The minimum atomic E-state index is -0.650. The maximum absolute atomic E-state index is 12.6. The van der Waals surface area contributed by atoms with Gasteiger partial charge in [0.25, 0.3) is 0 Å². The minimum Gasteiger partial charge on any atom is -0.491 e. The molecule has 0 amide bonds. The van der Waals surface area contributed by atoms with Gasteiger partial charge in [0, 0.05) is 55.6 Å². The molecule has 200 valence electrons. The number of nitrogens with two attached hydrogens (primary N) is 1. The van der Waals surface area contributed by atoms with Crippen molar-refractivity contribution in [3.8, 4) is 17.1 Å². The second-order valence-corrected chi connectivity index (χ2v) is 10.3. The van der Waals surface area contributed by atoms with Crippen LogP contribution in [0.5, 0.6) is 5.75 Å². The average molecular weight is 529 g/mol. The number of aromatic nitrogens is 2. The number of aliphatic hydroxyl groups excluding tert-OH is 1. The first kappa shape index (κ1) is 27.3. The van der Waals surface area contributed by atoms with Gasteiger partial charge >= 0.3 is 0 Å². The van der Waals surface area contributed by atoms with E-state index >= 15 is 0 Å². The maximum Gasteiger partial charge on any atom is 0.163 e. The molecule has 1 aliphatic heterocycles. The predicted molar refractivity (Wildman–Crippen MR) is 147 cm³/mol. The van der Waals surface area contributed by atoms with E-state index < -0.39 is 6.10 Å². The van der Waals surface area contributed by atoms with Crippen molar-refractivity contribution < 1.29 is 14.6 Å². The van der Waals surface area contributed by atoms with Crippen LogP contribution in [-0.2, 0) is 4.79 Å². The number of nitrogens with one attached hydrogen (secondary N) is 1. The molecule has 1 atom stereocenters. The quantitative estimate of drug-likeness (QED) is 0.400. The van der Waals surface area contributed by atoms with Crippen LogP contribution in [0.2, 0.25) is 5.02 Å². The molecule has 4 rings (SSSR count). The van der Waals surface area contributed by atoms with Crippen LogP contribution < -0.4 is 20.7 Å². The maximum atomic E-state index is 12.6. The Labute approximate surface area is 223 Å². The van der Waals surface area contributed by atoms with Crippen LogP contribution in [0.25, 0.3) is 17.0 Å². The van der Waals surface area contributed by atoms with Crippen LogP contribution in [0.3, 0.4) is 0 Å². The molecular formula is C27H37ClN6O3. The van der Waals surface area contributed by atoms with Crippen molar-refractivity contribution in [3.63, 3.8) is 0 Å². The number of hydrogen-bond donors (Lipinski definition) is 3. The molecule has 1 saturated carbocycles. The molecule has 1 aromatic heterocycles. The zero-order valence-electron chi connectivity index (χ0n) is 22.1. The number of allylic oxidation sites excluding steroid dienone is 2. The number of ether oxygens (including phenoxy) is 1. The number of rotatable bonds is 10. The summed E-state index contributed by atoms with van der Waals surface area (Å²) in [5.41, 5.74) is 8.88. The highest BCUT2D eigenvalue weighted by atomic mass is 35.5. The van der Waals surface area contributed by atoms with Crippen molar-refractivity contribution in [1.82, 2.24) is 20.2 Å². The fourth-order valence-electron chi connectivity index (χ4n) is 4.80. The molecule has 2 aromatic rings. The van der Waals surface area contributed by atoms with Crippen LogP contribution in [0, 0.1) is 6.92 Å². The van der Waals surface area contributed by atoms with E-state index in [1.807, 2.05) is 6.92 Å². The number of ketones is 1.